The summed E-state index contributed by atoms with van der Waals surface area (Å²) in [4.78, 5) is 14.7. The van der Waals surface area contributed by atoms with Crippen LogP contribution in [0.4, 0.5) is 0 Å². The average molecular weight is 324 g/mol. The first-order chi connectivity index (χ1) is 9.88. The number of hydrogen-bond donors (Lipinski definition) is 2. The van der Waals surface area contributed by atoms with Crippen molar-refractivity contribution in [2.75, 3.05) is 14.1 Å². The maximum Gasteiger partial charge on any atom is 0.273 e. The Hall–Kier alpha value is -1.59. The van der Waals surface area contributed by atoms with Crippen molar-refractivity contribution < 1.29 is 0 Å². The number of aryl methyl sites for hydroxylation is 2. The second-order valence-electron chi connectivity index (χ2n) is 5.10. The number of aromatic amines is 2. The summed E-state index contributed by atoms with van der Waals surface area (Å²) in [6.45, 7) is 4.00. The summed E-state index contributed by atoms with van der Waals surface area (Å²) >= 11 is 7.67. The van der Waals surface area contributed by atoms with Gasteiger partial charge in [-0.25, -0.2) is 0 Å². The smallest absolute Gasteiger partial charge is 0.273 e. The highest BCUT2D eigenvalue weighted by atomic mass is 35.5. The van der Waals surface area contributed by atoms with Crippen LogP contribution in [0.15, 0.2) is 21.8 Å². The lowest BCUT2D eigenvalue weighted by Gasteiger charge is -2.05. The van der Waals surface area contributed by atoms with E-state index in [1.165, 1.54) is 0 Å². The Labute approximate surface area is 132 Å². The summed E-state index contributed by atoms with van der Waals surface area (Å²) in [6, 6.07) is 4.01. The zero-order chi connectivity index (χ0) is 15.6. The summed E-state index contributed by atoms with van der Waals surface area (Å²) in [7, 11) is 3.77. The van der Waals surface area contributed by atoms with Crippen LogP contribution >= 0.6 is 23.4 Å². The van der Waals surface area contributed by atoms with E-state index < -0.39 is 0 Å². The third-order valence-corrected chi connectivity index (χ3v) is 4.45. The van der Waals surface area contributed by atoms with Crippen LogP contribution in [0.3, 0.4) is 0 Å². The van der Waals surface area contributed by atoms with E-state index in [0.717, 1.165) is 26.4 Å². The molecule has 2 rings (SSSR count). The molecular weight excluding hydrogens is 306 g/mol. The van der Waals surface area contributed by atoms with Crippen LogP contribution in [0.1, 0.15) is 11.1 Å². The molecule has 1 heterocycles. The highest BCUT2D eigenvalue weighted by Gasteiger charge is 2.03. The monoisotopic (exact) mass is 323 g/mol. The van der Waals surface area contributed by atoms with Crippen molar-refractivity contribution in [3.05, 3.63) is 49.2 Å². The predicted molar refractivity (Wildman–Crippen MR) is 90.1 cm³/mol. The second kappa shape index (κ2) is 6.45. The summed E-state index contributed by atoms with van der Waals surface area (Å²) in [6.07, 6.45) is 1.79. The minimum Gasteiger partial charge on any atom is -0.383 e. The van der Waals surface area contributed by atoms with Crippen molar-refractivity contribution in [2.45, 2.75) is 18.7 Å². The Morgan fingerprint density at radius 1 is 1.19 bits per heavy atom. The molecule has 1 aromatic heterocycles. The quantitative estimate of drug-likeness (QED) is 0.847. The van der Waals surface area contributed by atoms with Crippen LogP contribution in [-0.4, -0.2) is 29.2 Å². The lowest BCUT2D eigenvalue weighted by atomic mass is 10.2. The summed E-state index contributed by atoms with van der Waals surface area (Å²) in [5.74, 6) is 0. The number of aromatic nitrogens is 2. The second-order valence-corrected chi connectivity index (χ2v) is 6.42. The fraction of sp³-hybridized carbons (Fsp3) is 0.267. The van der Waals surface area contributed by atoms with Gasteiger partial charge in [-0.15, -0.1) is 0 Å². The first kappa shape index (κ1) is 15.8. The summed E-state index contributed by atoms with van der Waals surface area (Å²) in [5, 5.41) is 9.60. The van der Waals surface area contributed by atoms with E-state index >= 15 is 0 Å². The third kappa shape index (κ3) is 3.74. The Morgan fingerprint density at radius 2 is 1.90 bits per heavy atom. The molecule has 0 radical (unpaired) electrons. The normalized spacial score (nSPS) is 13.0. The Morgan fingerprint density at radius 3 is 2.57 bits per heavy atom. The SMILES string of the molecule is Cc1cc(S/C=c2/[nH][nH]c(=O)c2=CN(C)C)c(C)cc1Cl. The van der Waals surface area contributed by atoms with E-state index in [2.05, 4.69) is 16.3 Å². The van der Waals surface area contributed by atoms with Crippen molar-refractivity contribution >= 4 is 35.0 Å². The van der Waals surface area contributed by atoms with Crippen molar-refractivity contribution in [1.29, 1.82) is 0 Å². The minimum absolute atomic E-state index is 0.125. The van der Waals surface area contributed by atoms with Crippen molar-refractivity contribution in [3.8, 4) is 0 Å². The molecule has 4 nitrogen and oxygen atoms in total. The first-order valence-corrected chi connectivity index (χ1v) is 7.73. The van der Waals surface area contributed by atoms with E-state index in [1.807, 2.05) is 44.3 Å². The van der Waals surface area contributed by atoms with Gasteiger partial charge in [0.1, 0.15) is 0 Å². The molecule has 0 fully saturated rings. The average Bonchev–Trinajstić information content (AvgIpc) is 2.73. The molecule has 112 valence electrons. The maximum atomic E-state index is 11.8. The fourth-order valence-corrected chi connectivity index (χ4v) is 3.00. The molecule has 1 aromatic carbocycles. The van der Waals surface area contributed by atoms with E-state index in [-0.39, 0.29) is 5.56 Å². The summed E-state index contributed by atoms with van der Waals surface area (Å²) < 4.78 is 0. The topological polar surface area (TPSA) is 51.9 Å². The van der Waals surface area contributed by atoms with Gasteiger partial charge in [0.15, 0.2) is 0 Å². The number of rotatable bonds is 3. The third-order valence-electron chi connectivity index (χ3n) is 2.99. The van der Waals surface area contributed by atoms with Crippen LogP contribution < -0.4 is 16.1 Å². The van der Waals surface area contributed by atoms with E-state index in [1.54, 1.807) is 18.0 Å². The van der Waals surface area contributed by atoms with Crippen LogP contribution in [-0.2, 0) is 0 Å². The van der Waals surface area contributed by atoms with Gasteiger partial charge in [0, 0.05) is 35.6 Å². The number of nitrogens with zero attached hydrogens (tertiary/aromatic N) is 1. The Balaban J connectivity index is 2.44. The number of halogens is 1. The van der Waals surface area contributed by atoms with Crippen LogP contribution in [0.5, 0.6) is 0 Å². The van der Waals surface area contributed by atoms with E-state index in [4.69, 9.17) is 11.6 Å². The largest absolute Gasteiger partial charge is 0.383 e. The highest BCUT2D eigenvalue weighted by molar-refractivity contribution is 8.06. The van der Waals surface area contributed by atoms with Gasteiger partial charge in [-0.05, 0) is 37.1 Å². The summed E-state index contributed by atoms with van der Waals surface area (Å²) in [5.41, 5.74) is 2.03. The lowest BCUT2D eigenvalue weighted by molar-refractivity contribution is 0.613. The van der Waals surface area contributed by atoms with Gasteiger partial charge < -0.3 is 4.90 Å². The number of nitrogens with one attached hydrogen (secondary N) is 2. The van der Waals surface area contributed by atoms with Gasteiger partial charge in [0.05, 0.1) is 10.6 Å². The number of H-pyrrole nitrogens is 2. The first-order valence-electron chi connectivity index (χ1n) is 6.47. The number of benzene rings is 1. The molecule has 0 saturated carbocycles. The molecule has 0 bridgehead atoms. The molecule has 6 heteroatoms. The number of hydrogen-bond acceptors (Lipinski definition) is 3. The molecule has 0 spiro atoms. The van der Waals surface area contributed by atoms with Crippen molar-refractivity contribution in [2.24, 2.45) is 0 Å². The zero-order valence-corrected chi connectivity index (χ0v) is 14.0. The van der Waals surface area contributed by atoms with E-state index in [9.17, 15) is 4.79 Å². The molecule has 21 heavy (non-hydrogen) atoms. The van der Waals surface area contributed by atoms with Gasteiger partial charge in [-0.1, -0.05) is 23.4 Å². The number of thioether (sulfide) groups is 1. The molecule has 0 aliphatic carbocycles. The standard InChI is InChI=1S/C15H18ClN3OS/c1-9-6-14(10(2)5-12(9)16)21-8-13-11(7-19(3)4)15(20)18-17-13/h5-8,17H,1-4H3,(H,18,20)/b11-7?,13-8+. The minimum atomic E-state index is -0.125. The zero-order valence-electron chi connectivity index (χ0n) is 12.5. The molecule has 0 saturated heterocycles. The molecule has 2 aromatic rings. The lowest BCUT2D eigenvalue weighted by Crippen LogP contribution is -2.35. The van der Waals surface area contributed by atoms with Crippen LogP contribution in [0, 0.1) is 13.8 Å². The molecular formula is C15H18ClN3OS. The molecule has 2 N–H and O–H groups in total. The highest BCUT2D eigenvalue weighted by Crippen LogP contribution is 2.28. The van der Waals surface area contributed by atoms with Gasteiger partial charge in [0.2, 0.25) is 0 Å². The van der Waals surface area contributed by atoms with Crippen LogP contribution in [0.2, 0.25) is 5.02 Å². The van der Waals surface area contributed by atoms with Gasteiger partial charge >= 0.3 is 0 Å². The molecule has 0 amide bonds. The molecule has 0 aliphatic rings. The van der Waals surface area contributed by atoms with E-state index in [0.29, 0.717) is 5.22 Å². The molecule has 0 unspecified atom stereocenters. The fourth-order valence-electron chi connectivity index (χ4n) is 1.86. The van der Waals surface area contributed by atoms with Crippen molar-refractivity contribution in [1.82, 2.24) is 15.1 Å². The molecule has 0 atom stereocenters. The van der Waals surface area contributed by atoms with Crippen molar-refractivity contribution in [3.63, 3.8) is 0 Å². The van der Waals surface area contributed by atoms with Gasteiger partial charge in [-0.2, -0.15) is 0 Å². The Kier molecular flexibility index (Phi) is 4.85. The van der Waals surface area contributed by atoms with Gasteiger partial charge in [0.25, 0.3) is 5.56 Å². The van der Waals surface area contributed by atoms with Crippen LogP contribution in [0.25, 0.3) is 11.6 Å². The maximum absolute atomic E-state index is 11.8. The Bertz CT molecular complexity index is 820. The predicted octanol–water partition coefficient (Wildman–Crippen LogP) is 1.80. The van der Waals surface area contributed by atoms with Gasteiger partial charge in [-0.3, -0.25) is 15.0 Å². The molecule has 0 aliphatic heterocycles.